The molecule has 0 spiro atoms. The Morgan fingerprint density at radius 2 is 2.38 bits per heavy atom. The van der Waals surface area contributed by atoms with Crippen molar-refractivity contribution in [2.24, 2.45) is 11.7 Å². The summed E-state index contributed by atoms with van der Waals surface area (Å²) in [4.78, 5) is 11.5. The van der Waals surface area contributed by atoms with Crippen molar-refractivity contribution < 1.29 is 9.53 Å². The van der Waals surface area contributed by atoms with Gasteiger partial charge in [0, 0.05) is 19.1 Å². The molecule has 0 aromatic carbocycles. The zero-order chi connectivity index (χ0) is 9.68. The average Bonchev–Trinajstić information content (AvgIpc) is 2.61. The van der Waals surface area contributed by atoms with E-state index < -0.39 is 0 Å². The van der Waals surface area contributed by atoms with Crippen LogP contribution in [0.5, 0.6) is 0 Å². The lowest BCUT2D eigenvalue weighted by Gasteiger charge is -2.15. The molecule has 0 saturated carbocycles. The summed E-state index contributed by atoms with van der Waals surface area (Å²) in [6.07, 6.45) is 0. The molecule has 2 unspecified atom stereocenters. The van der Waals surface area contributed by atoms with Gasteiger partial charge in [0.05, 0.1) is 19.1 Å². The second-order valence-electron chi connectivity index (χ2n) is 3.12. The highest BCUT2D eigenvalue weighted by Crippen LogP contribution is 2.12. The maximum absolute atomic E-state index is 11.5. The van der Waals surface area contributed by atoms with Gasteiger partial charge in [-0.05, 0) is 7.05 Å². The summed E-state index contributed by atoms with van der Waals surface area (Å²) in [6.45, 7) is 2.12. The molecule has 1 fully saturated rings. The summed E-state index contributed by atoms with van der Waals surface area (Å²) in [6, 6.07) is 0.137. The number of rotatable bonds is 4. The molecule has 0 aromatic heterocycles. The van der Waals surface area contributed by atoms with E-state index in [0.717, 1.165) is 0 Å². The zero-order valence-corrected chi connectivity index (χ0v) is 7.88. The van der Waals surface area contributed by atoms with Crippen LogP contribution in [0.25, 0.3) is 0 Å². The number of amides is 1. The van der Waals surface area contributed by atoms with Crippen molar-refractivity contribution in [3.63, 3.8) is 0 Å². The Kier molecular flexibility index (Phi) is 4.14. The molecule has 1 heterocycles. The van der Waals surface area contributed by atoms with Crippen molar-refractivity contribution in [3.8, 4) is 0 Å². The fourth-order valence-corrected chi connectivity index (χ4v) is 1.42. The van der Waals surface area contributed by atoms with Gasteiger partial charge in [0.1, 0.15) is 0 Å². The van der Waals surface area contributed by atoms with Crippen LogP contribution in [-0.2, 0) is 9.53 Å². The van der Waals surface area contributed by atoms with Gasteiger partial charge in [-0.15, -0.1) is 0 Å². The van der Waals surface area contributed by atoms with Crippen molar-refractivity contribution in [2.75, 3.05) is 33.4 Å². The molecule has 0 radical (unpaired) electrons. The number of carbonyl (C=O) groups is 1. The van der Waals surface area contributed by atoms with E-state index in [1.165, 1.54) is 0 Å². The first-order chi connectivity index (χ1) is 6.29. The van der Waals surface area contributed by atoms with Crippen molar-refractivity contribution >= 4 is 5.91 Å². The van der Waals surface area contributed by atoms with Gasteiger partial charge in [0.15, 0.2) is 0 Å². The van der Waals surface area contributed by atoms with Crippen LogP contribution in [0.4, 0.5) is 0 Å². The molecular formula is C8H17N3O2. The SMILES string of the molecule is CNC1COCC1C(=O)NCCN. The lowest BCUT2D eigenvalue weighted by molar-refractivity contribution is -0.125. The van der Waals surface area contributed by atoms with Crippen LogP contribution in [0.15, 0.2) is 0 Å². The standard InChI is InChI=1S/C8H17N3O2/c1-10-7-5-13-4-6(7)8(12)11-3-2-9/h6-7,10H,2-5,9H2,1H3,(H,11,12). The molecule has 1 amide bonds. The largest absolute Gasteiger partial charge is 0.379 e. The molecule has 1 saturated heterocycles. The highest BCUT2D eigenvalue weighted by atomic mass is 16.5. The first-order valence-electron chi connectivity index (χ1n) is 4.52. The van der Waals surface area contributed by atoms with E-state index in [2.05, 4.69) is 10.6 Å². The van der Waals surface area contributed by atoms with Crippen LogP contribution in [0.2, 0.25) is 0 Å². The molecule has 76 valence electrons. The minimum absolute atomic E-state index is 0.0299. The first kappa shape index (κ1) is 10.4. The van der Waals surface area contributed by atoms with Crippen molar-refractivity contribution in [2.45, 2.75) is 6.04 Å². The van der Waals surface area contributed by atoms with Gasteiger partial charge >= 0.3 is 0 Å². The van der Waals surface area contributed by atoms with E-state index in [-0.39, 0.29) is 17.9 Å². The Hall–Kier alpha value is -0.650. The third kappa shape index (κ3) is 2.65. The van der Waals surface area contributed by atoms with Gasteiger partial charge in [-0.25, -0.2) is 0 Å². The molecule has 1 rings (SSSR count). The van der Waals surface area contributed by atoms with E-state index in [4.69, 9.17) is 10.5 Å². The van der Waals surface area contributed by atoms with Crippen LogP contribution < -0.4 is 16.4 Å². The maximum Gasteiger partial charge on any atom is 0.227 e. The van der Waals surface area contributed by atoms with Crippen molar-refractivity contribution in [3.05, 3.63) is 0 Å². The van der Waals surface area contributed by atoms with E-state index >= 15 is 0 Å². The van der Waals surface area contributed by atoms with Crippen LogP contribution in [-0.4, -0.2) is 45.3 Å². The molecule has 0 aliphatic carbocycles. The quantitative estimate of drug-likeness (QED) is 0.490. The minimum atomic E-state index is -0.0726. The number of likely N-dealkylation sites (N-methyl/N-ethyl adjacent to an activating group) is 1. The summed E-state index contributed by atoms with van der Waals surface area (Å²) in [5.74, 6) is -0.0427. The van der Waals surface area contributed by atoms with Gasteiger partial charge in [0.25, 0.3) is 0 Å². The van der Waals surface area contributed by atoms with Gasteiger partial charge in [-0.2, -0.15) is 0 Å². The van der Waals surface area contributed by atoms with Crippen molar-refractivity contribution in [1.82, 2.24) is 10.6 Å². The Labute approximate surface area is 78.0 Å². The topological polar surface area (TPSA) is 76.4 Å². The number of ether oxygens (including phenoxy) is 1. The Balaban J connectivity index is 2.36. The Bertz CT molecular complexity index is 175. The van der Waals surface area contributed by atoms with Gasteiger partial charge in [0.2, 0.25) is 5.91 Å². The van der Waals surface area contributed by atoms with E-state index in [1.54, 1.807) is 0 Å². The Morgan fingerprint density at radius 3 is 3.00 bits per heavy atom. The molecular weight excluding hydrogens is 170 g/mol. The summed E-state index contributed by atoms with van der Waals surface area (Å²) in [5, 5.41) is 5.81. The van der Waals surface area contributed by atoms with Gasteiger partial charge in [-0.3, -0.25) is 4.79 Å². The number of nitrogens with one attached hydrogen (secondary N) is 2. The van der Waals surface area contributed by atoms with Crippen molar-refractivity contribution in [1.29, 1.82) is 0 Å². The summed E-state index contributed by atoms with van der Waals surface area (Å²) < 4.78 is 5.21. The third-order valence-electron chi connectivity index (χ3n) is 2.23. The molecule has 5 heteroatoms. The van der Waals surface area contributed by atoms with E-state index in [1.807, 2.05) is 7.05 Å². The van der Waals surface area contributed by atoms with E-state index in [0.29, 0.717) is 26.3 Å². The minimum Gasteiger partial charge on any atom is -0.379 e. The lowest BCUT2D eigenvalue weighted by Crippen LogP contribution is -2.43. The molecule has 13 heavy (non-hydrogen) atoms. The first-order valence-corrected chi connectivity index (χ1v) is 4.52. The highest BCUT2D eigenvalue weighted by Gasteiger charge is 2.32. The maximum atomic E-state index is 11.5. The number of nitrogens with two attached hydrogens (primary N) is 1. The smallest absolute Gasteiger partial charge is 0.227 e. The summed E-state index contributed by atoms with van der Waals surface area (Å²) >= 11 is 0. The number of hydrogen-bond acceptors (Lipinski definition) is 4. The summed E-state index contributed by atoms with van der Waals surface area (Å²) in [7, 11) is 1.84. The average molecular weight is 187 g/mol. The molecule has 0 aromatic rings. The lowest BCUT2D eigenvalue weighted by atomic mass is 10.0. The normalized spacial score (nSPS) is 27.5. The van der Waals surface area contributed by atoms with Gasteiger partial charge in [-0.1, -0.05) is 0 Å². The second-order valence-corrected chi connectivity index (χ2v) is 3.12. The molecule has 4 N–H and O–H groups in total. The van der Waals surface area contributed by atoms with E-state index in [9.17, 15) is 4.79 Å². The molecule has 1 aliphatic heterocycles. The van der Waals surface area contributed by atoms with Crippen LogP contribution in [0.1, 0.15) is 0 Å². The van der Waals surface area contributed by atoms with Gasteiger partial charge < -0.3 is 21.1 Å². The number of hydrogen-bond donors (Lipinski definition) is 3. The molecule has 0 bridgehead atoms. The molecule has 1 aliphatic rings. The predicted octanol–water partition coefficient (Wildman–Crippen LogP) is -1.70. The second kappa shape index (κ2) is 5.16. The van der Waals surface area contributed by atoms with Crippen LogP contribution in [0.3, 0.4) is 0 Å². The third-order valence-corrected chi connectivity index (χ3v) is 2.23. The molecule has 5 nitrogen and oxygen atoms in total. The fourth-order valence-electron chi connectivity index (χ4n) is 1.42. The number of carbonyl (C=O) groups excluding carboxylic acids is 1. The highest BCUT2D eigenvalue weighted by molar-refractivity contribution is 5.79. The van der Waals surface area contributed by atoms with Crippen LogP contribution >= 0.6 is 0 Å². The predicted molar refractivity (Wildman–Crippen MR) is 49.2 cm³/mol. The monoisotopic (exact) mass is 187 g/mol. The molecule has 2 atom stereocenters. The summed E-state index contributed by atoms with van der Waals surface area (Å²) in [5.41, 5.74) is 5.28. The van der Waals surface area contributed by atoms with Crippen LogP contribution in [0, 0.1) is 5.92 Å². The fraction of sp³-hybridized carbons (Fsp3) is 0.875. The Morgan fingerprint density at radius 1 is 1.62 bits per heavy atom. The zero-order valence-electron chi connectivity index (χ0n) is 7.88.